The van der Waals surface area contributed by atoms with Gasteiger partial charge in [0.1, 0.15) is 5.75 Å². The number of carbonyl (C=O) groups is 2. The fraction of sp³-hybridized carbons (Fsp3) is 0.387. The van der Waals surface area contributed by atoms with E-state index < -0.39 is 0 Å². The minimum absolute atomic E-state index is 0.00897. The monoisotopic (exact) mass is 471 g/mol. The molecule has 0 amide bonds. The Balaban J connectivity index is 2.27. The maximum Gasteiger partial charge on any atom is 0.187 e. The summed E-state index contributed by atoms with van der Waals surface area (Å²) in [5.41, 5.74) is 5.97. The molecule has 0 unspecified atom stereocenters. The summed E-state index contributed by atoms with van der Waals surface area (Å²) in [5.74, 6) is 0.246. The number of para-hydroxylation sites is 1. The van der Waals surface area contributed by atoms with Crippen LogP contribution in [0.1, 0.15) is 89.5 Å². The Labute approximate surface area is 209 Å². The molecule has 184 valence electrons. The first-order valence-electron chi connectivity index (χ1n) is 12.5. The lowest BCUT2D eigenvalue weighted by molar-refractivity contribution is -0.115. The van der Waals surface area contributed by atoms with Crippen LogP contribution in [0.15, 0.2) is 58.6 Å². The first kappa shape index (κ1) is 26.3. The fourth-order valence-electron chi connectivity index (χ4n) is 4.54. The average Bonchev–Trinajstić information content (AvgIpc) is 2.78. The van der Waals surface area contributed by atoms with Gasteiger partial charge in [-0.2, -0.15) is 0 Å². The average molecular weight is 472 g/mol. The Morgan fingerprint density at radius 3 is 1.86 bits per heavy atom. The number of rotatable bonds is 7. The van der Waals surface area contributed by atoms with Gasteiger partial charge in [-0.05, 0) is 70.7 Å². The predicted molar refractivity (Wildman–Crippen MR) is 145 cm³/mol. The van der Waals surface area contributed by atoms with Gasteiger partial charge in [-0.3, -0.25) is 14.6 Å². The number of ketones is 2. The first-order valence-corrected chi connectivity index (χ1v) is 12.5. The zero-order valence-corrected chi connectivity index (χ0v) is 22.1. The van der Waals surface area contributed by atoms with Crippen molar-refractivity contribution in [1.29, 1.82) is 0 Å². The maximum absolute atomic E-state index is 13.4. The number of aromatic hydroxyl groups is 1. The van der Waals surface area contributed by atoms with Crippen LogP contribution >= 0.6 is 0 Å². The van der Waals surface area contributed by atoms with Gasteiger partial charge in [0.05, 0.1) is 5.69 Å². The van der Waals surface area contributed by atoms with Gasteiger partial charge in [0.15, 0.2) is 11.6 Å². The van der Waals surface area contributed by atoms with E-state index in [2.05, 4.69) is 27.7 Å². The van der Waals surface area contributed by atoms with Gasteiger partial charge in [0.2, 0.25) is 0 Å². The molecule has 0 radical (unpaired) electrons. The Morgan fingerprint density at radius 2 is 1.37 bits per heavy atom. The minimum Gasteiger partial charge on any atom is -0.507 e. The molecule has 0 saturated carbocycles. The summed E-state index contributed by atoms with van der Waals surface area (Å²) in [6, 6.07) is 11.1. The van der Waals surface area contributed by atoms with Crippen molar-refractivity contribution in [1.82, 2.24) is 0 Å². The molecular weight excluding hydrogens is 434 g/mol. The van der Waals surface area contributed by atoms with Crippen molar-refractivity contribution < 1.29 is 14.7 Å². The molecule has 0 heterocycles. The molecule has 0 fully saturated rings. The van der Waals surface area contributed by atoms with Crippen LogP contribution in [0.25, 0.3) is 5.57 Å². The van der Waals surface area contributed by atoms with E-state index in [1.165, 1.54) is 6.08 Å². The normalized spacial score (nSPS) is 14.9. The molecule has 35 heavy (non-hydrogen) atoms. The van der Waals surface area contributed by atoms with Crippen molar-refractivity contribution >= 4 is 29.0 Å². The van der Waals surface area contributed by atoms with E-state index >= 15 is 0 Å². The standard InChI is InChI=1S/C31H37NO3/c1-17(2)23-13-22(29-27(34)15-25(19(5)6)31(35)28(29)20(7)8)14-24(18(3)4)30(23)32-16-21-11-9-10-12-26(21)33/h9-20,33H,1-8H3. The van der Waals surface area contributed by atoms with Crippen LogP contribution in [0.5, 0.6) is 5.75 Å². The van der Waals surface area contributed by atoms with Crippen molar-refractivity contribution in [2.24, 2.45) is 16.8 Å². The van der Waals surface area contributed by atoms with E-state index in [4.69, 9.17) is 4.99 Å². The molecule has 0 atom stereocenters. The summed E-state index contributed by atoms with van der Waals surface area (Å²) in [6.07, 6.45) is 3.22. The number of phenols is 1. The number of benzene rings is 2. The van der Waals surface area contributed by atoms with Crippen molar-refractivity contribution in [3.8, 4) is 5.75 Å². The lowest BCUT2D eigenvalue weighted by atomic mass is 9.77. The van der Waals surface area contributed by atoms with E-state index in [9.17, 15) is 14.7 Å². The molecule has 4 nitrogen and oxygen atoms in total. The van der Waals surface area contributed by atoms with Gasteiger partial charge < -0.3 is 5.11 Å². The number of aliphatic imine (C=N–C) groups is 1. The van der Waals surface area contributed by atoms with E-state index in [0.717, 1.165) is 22.4 Å². The molecule has 2 aromatic carbocycles. The third-order valence-corrected chi connectivity index (χ3v) is 6.48. The highest BCUT2D eigenvalue weighted by atomic mass is 16.3. The van der Waals surface area contributed by atoms with E-state index in [1.807, 2.05) is 52.0 Å². The van der Waals surface area contributed by atoms with Crippen LogP contribution < -0.4 is 0 Å². The third-order valence-electron chi connectivity index (χ3n) is 6.48. The number of allylic oxidation sites excluding steroid dienone is 4. The Kier molecular flexibility index (Phi) is 7.94. The molecule has 3 rings (SSSR count). The smallest absolute Gasteiger partial charge is 0.187 e. The highest BCUT2D eigenvalue weighted by molar-refractivity contribution is 6.37. The van der Waals surface area contributed by atoms with Crippen molar-refractivity contribution in [2.75, 3.05) is 0 Å². The van der Waals surface area contributed by atoms with E-state index in [-0.39, 0.29) is 41.0 Å². The number of hydrogen-bond donors (Lipinski definition) is 1. The van der Waals surface area contributed by atoms with E-state index in [1.54, 1.807) is 18.3 Å². The molecule has 1 aliphatic rings. The summed E-state index contributed by atoms with van der Waals surface area (Å²) in [5, 5.41) is 10.2. The molecule has 1 N–H and O–H groups in total. The summed E-state index contributed by atoms with van der Waals surface area (Å²) >= 11 is 0. The minimum atomic E-state index is -0.105. The third kappa shape index (κ3) is 5.37. The Hall–Kier alpha value is -3.27. The Morgan fingerprint density at radius 1 is 0.800 bits per heavy atom. The lowest BCUT2D eigenvalue weighted by Crippen LogP contribution is -2.24. The fourth-order valence-corrected chi connectivity index (χ4v) is 4.54. The van der Waals surface area contributed by atoms with Crippen LogP contribution in [0, 0.1) is 11.8 Å². The second-order valence-corrected chi connectivity index (χ2v) is 10.5. The molecule has 2 aromatic rings. The lowest BCUT2D eigenvalue weighted by Gasteiger charge is -2.25. The highest BCUT2D eigenvalue weighted by Gasteiger charge is 2.32. The first-order chi connectivity index (χ1) is 16.4. The molecule has 4 heteroatoms. The molecular formula is C31H37NO3. The number of hydrogen-bond acceptors (Lipinski definition) is 4. The molecule has 0 saturated heterocycles. The summed E-state index contributed by atoms with van der Waals surface area (Å²) in [7, 11) is 0. The number of carbonyl (C=O) groups excluding carboxylic acids is 2. The van der Waals surface area contributed by atoms with Gasteiger partial charge in [0, 0.05) is 28.5 Å². The second-order valence-electron chi connectivity index (χ2n) is 10.5. The largest absolute Gasteiger partial charge is 0.507 e. The second kappa shape index (κ2) is 10.6. The molecule has 0 aliphatic heterocycles. The Bertz CT molecular complexity index is 1210. The van der Waals surface area contributed by atoms with Crippen molar-refractivity contribution in [3.05, 3.63) is 75.9 Å². The molecule has 0 bridgehead atoms. The van der Waals surface area contributed by atoms with Gasteiger partial charge in [-0.25, -0.2) is 0 Å². The van der Waals surface area contributed by atoms with Gasteiger partial charge >= 0.3 is 0 Å². The number of phenolic OH excluding ortho intramolecular Hbond substituents is 1. The van der Waals surface area contributed by atoms with Crippen LogP contribution in [-0.2, 0) is 9.59 Å². The summed E-state index contributed by atoms with van der Waals surface area (Å²) < 4.78 is 0. The SMILES string of the molecule is CC(C)C1=CC(=O)C(c2cc(C(C)C)c(N=Cc3ccccc3O)c(C(C)C)c2)=C(C(C)C)C1=O. The van der Waals surface area contributed by atoms with Crippen LogP contribution in [0.4, 0.5) is 5.69 Å². The number of Topliss-reactive ketones (excluding diaryl/α,β-unsaturated/α-hetero) is 1. The maximum atomic E-state index is 13.4. The van der Waals surface area contributed by atoms with Crippen LogP contribution in [-0.4, -0.2) is 22.9 Å². The van der Waals surface area contributed by atoms with Gasteiger partial charge in [0.25, 0.3) is 0 Å². The van der Waals surface area contributed by atoms with Crippen molar-refractivity contribution in [3.63, 3.8) is 0 Å². The molecule has 0 aromatic heterocycles. The van der Waals surface area contributed by atoms with Crippen molar-refractivity contribution in [2.45, 2.75) is 67.2 Å². The van der Waals surface area contributed by atoms with Crippen LogP contribution in [0.3, 0.4) is 0 Å². The van der Waals surface area contributed by atoms with E-state index in [0.29, 0.717) is 22.3 Å². The quantitative estimate of drug-likeness (QED) is 0.335. The summed E-state index contributed by atoms with van der Waals surface area (Å²) in [6.45, 7) is 16.3. The molecule has 0 spiro atoms. The molecule has 1 aliphatic carbocycles. The predicted octanol–water partition coefficient (Wildman–Crippen LogP) is 7.53. The topological polar surface area (TPSA) is 66.7 Å². The van der Waals surface area contributed by atoms with Gasteiger partial charge in [-0.1, -0.05) is 67.5 Å². The van der Waals surface area contributed by atoms with Gasteiger partial charge in [-0.15, -0.1) is 0 Å². The zero-order chi connectivity index (χ0) is 26.0. The van der Waals surface area contributed by atoms with Crippen LogP contribution in [0.2, 0.25) is 0 Å². The summed E-state index contributed by atoms with van der Waals surface area (Å²) in [4.78, 5) is 31.7. The zero-order valence-electron chi connectivity index (χ0n) is 22.1. The highest BCUT2D eigenvalue weighted by Crippen LogP contribution is 2.41. The number of nitrogens with zero attached hydrogens (tertiary/aromatic N) is 1.